The van der Waals surface area contributed by atoms with Crippen LogP contribution in [0.2, 0.25) is 0 Å². The molecule has 0 aliphatic heterocycles. The SMILES string of the molecule is CCCCCCCCCCCC[C@@H](F)CCCOC(=O)c1ccc(NC(=O)OC(C)(C)C)cc1. The van der Waals surface area contributed by atoms with E-state index >= 15 is 0 Å². The maximum Gasteiger partial charge on any atom is 0.412 e. The quantitative estimate of drug-likeness (QED) is 0.179. The van der Waals surface area contributed by atoms with Crippen molar-refractivity contribution in [1.82, 2.24) is 0 Å². The molecule has 0 fully saturated rings. The molecular formula is C28H46FNO4. The molecule has 1 aromatic rings. The average molecular weight is 480 g/mol. The lowest BCUT2D eigenvalue weighted by Crippen LogP contribution is -2.27. The molecular weight excluding hydrogens is 433 g/mol. The van der Waals surface area contributed by atoms with Gasteiger partial charge in [0.05, 0.1) is 12.2 Å². The monoisotopic (exact) mass is 479 g/mol. The highest BCUT2D eigenvalue weighted by Gasteiger charge is 2.16. The second kappa shape index (κ2) is 17.3. The van der Waals surface area contributed by atoms with Crippen LogP contribution in [0.4, 0.5) is 14.9 Å². The fraction of sp³-hybridized carbons (Fsp3) is 0.714. The molecule has 34 heavy (non-hydrogen) atoms. The summed E-state index contributed by atoms with van der Waals surface area (Å²) in [5.74, 6) is -0.450. The predicted octanol–water partition coefficient (Wildman–Crippen LogP) is 8.62. The third kappa shape index (κ3) is 15.7. The molecule has 194 valence electrons. The normalized spacial score (nSPS) is 12.3. The summed E-state index contributed by atoms with van der Waals surface area (Å²) >= 11 is 0. The lowest BCUT2D eigenvalue weighted by molar-refractivity contribution is 0.0489. The van der Waals surface area contributed by atoms with Gasteiger partial charge in [0.2, 0.25) is 0 Å². The Hall–Kier alpha value is -2.11. The third-order valence-electron chi connectivity index (χ3n) is 5.53. The van der Waals surface area contributed by atoms with E-state index in [1.54, 1.807) is 45.0 Å². The van der Waals surface area contributed by atoms with E-state index in [4.69, 9.17) is 9.47 Å². The van der Waals surface area contributed by atoms with Crippen molar-refractivity contribution < 1.29 is 23.5 Å². The van der Waals surface area contributed by atoms with E-state index in [1.807, 2.05) is 0 Å². The largest absolute Gasteiger partial charge is 0.462 e. The van der Waals surface area contributed by atoms with Crippen molar-refractivity contribution in [3.63, 3.8) is 0 Å². The van der Waals surface area contributed by atoms with E-state index in [2.05, 4.69) is 12.2 Å². The first-order chi connectivity index (χ1) is 16.2. The van der Waals surface area contributed by atoms with Crippen molar-refractivity contribution >= 4 is 17.7 Å². The third-order valence-corrected chi connectivity index (χ3v) is 5.53. The number of alkyl halides is 1. The van der Waals surface area contributed by atoms with Crippen molar-refractivity contribution in [3.05, 3.63) is 29.8 Å². The molecule has 0 spiro atoms. The van der Waals surface area contributed by atoms with E-state index < -0.39 is 23.8 Å². The Morgan fingerprint density at radius 1 is 0.853 bits per heavy atom. The number of unbranched alkanes of at least 4 members (excludes halogenated alkanes) is 9. The highest BCUT2D eigenvalue weighted by molar-refractivity contribution is 5.91. The smallest absolute Gasteiger partial charge is 0.412 e. The van der Waals surface area contributed by atoms with Crippen LogP contribution in [0.1, 0.15) is 122 Å². The number of esters is 1. The molecule has 0 unspecified atom stereocenters. The fourth-order valence-corrected chi connectivity index (χ4v) is 3.66. The fourth-order valence-electron chi connectivity index (χ4n) is 3.66. The van der Waals surface area contributed by atoms with E-state index in [0.717, 1.165) is 12.8 Å². The van der Waals surface area contributed by atoms with Crippen LogP contribution in [0.25, 0.3) is 0 Å². The summed E-state index contributed by atoms with van der Waals surface area (Å²) in [7, 11) is 0. The molecule has 1 rings (SSSR count). The Balaban J connectivity index is 2.09. The summed E-state index contributed by atoms with van der Waals surface area (Å²) < 4.78 is 24.5. The maximum atomic E-state index is 14.1. The molecule has 0 aliphatic carbocycles. The van der Waals surface area contributed by atoms with Gasteiger partial charge >= 0.3 is 12.1 Å². The van der Waals surface area contributed by atoms with Crippen molar-refractivity contribution in [2.45, 2.75) is 123 Å². The first-order valence-corrected chi connectivity index (χ1v) is 13.1. The molecule has 1 atom stereocenters. The Morgan fingerprint density at radius 2 is 1.38 bits per heavy atom. The Labute approximate surface area is 206 Å². The van der Waals surface area contributed by atoms with E-state index in [9.17, 15) is 14.0 Å². The molecule has 0 heterocycles. The molecule has 6 heteroatoms. The Morgan fingerprint density at radius 3 is 1.94 bits per heavy atom. The number of anilines is 1. The zero-order chi connectivity index (χ0) is 25.2. The van der Waals surface area contributed by atoms with Crippen LogP contribution in [0.5, 0.6) is 0 Å². The topological polar surface area (TPSA) is 64.6 Å². The van der Waals surface area contributed by atoms with E-state index in [0.29, 0.717) is 30.5 Å². The van der Waals surface area contributed by atoms with Crippen LogP contribution in [0.3, 0.4) is 0 Å². The van der Waals surface area contributed by atoms with Gasteiger partial charge in [-0.3, -0.25) is 5.32 Å². The molecule has 1 aromatic carbocycles. The second-order valence-corrected chi connectivity index (χ2v) is 10.1. The van der Waals surface area contributed by atoms with E-state index in [-0.39, 0.29) is 6.61 Å². The first-order valence-electron chi connectivity index (χ1n) is 13.1. The number of amides is 1. The molecule has 0 aliphatic rings. The van der Waals surface area contributed by atoms with Gasteiger partial charge < -0.3 is 9.47 Å². The lowest BCUT2D eigenvalue weighted by atomic mass is 10.0. The van der Waals surface area contributed by atoms with Gasteiger partial charge in [-0.2, -0.15) is 0 Å². The number of benzene rings is 1. The molecule has 5 nitrogen and oxygen atoms in total. The van der Waals surface area contributed by atoms with Gasteiger partial charge in [-0.1, -0.05) is 71.1 Å². The van der Waals surface area contributed by atoms with E-state index in [1.165, 1.54) is 51.4 Å². The second-order valence-electron chi connectivity index (χ2n) is 10.1. The minimum Gasteiger partial charge on any atom is -0.462 e. The zero-order valence-electron chi connectivity index (χ0n) is 21.8. The average Bonchev–Trinajstić information content (AvgIpc) is 2.77. The lowest BCUT2D eigenvalue weighted by Gasteiger charge is -2.19. The highest BCUT2D eigenvalue weighted by atomic mass is 19.1. The first kappa shape index (κ1) is 29.9. The van der Waals surface area contributed by atoms with Gasteiger partial charge in [0, 0.05) is 5.69 Å². The van der Waals surface area contributed by atoms with Crippen LogP contribution in [0, 0.1) is 0 Å². The summed E-state index contributed by atoms with van der Waals surface area (Å²) in [6.45, 7) is 7.80. The number of hydrogen-bond acceptors (Lipinski definition) is 4. The van der Waals surface area contributed by atoms with Gasteiger partial charge in [-0.25, -0.2) is 14.0 Å². The van der Waals surface area contributed by atoms with Crippen molar-refractivity contribution in [3.8, 4) is 0 Å². The van der Waals surface area contributed by atoms with Gasteiger partial charge in [-0.05, 0) is 64.3 Å². The Kier molecular flexibility index (Phi) is 15.3. The van der Waals surface area contributed by atoms with Crippen LogP contribution >= 0.6 is 0 Å². The van der Waals surface area contributed by atoms with Crippen molar-refractivity contribution in [1.29, 1.82) is 0 Å². The minimum absolute atomic E-state index is 0.204. The van der Waals surface area contributed by atoms with Gasteiger partial charge in [0.1, 0.15) is 11.8 Å². The zero-order valence-corrected chi connectivity index (χ0v) is 21.8. The van der Waals surface area contributed by atoms with Gasteiger partial charge in [0.15, 0.2) is 0 Å². The number of carbonyl (C=O) groups is 2. The van der Waals surface area contributed by atoms with Crippen LogP contribution in [-0.2, 0) is 9.47 Å². The predicted molar refractivity (Wildman–Crippen MR) is 137 cm³/mol. The molecule has 0 saturated heterocycles. The summed E-state index contributed by atoms with van der Waals surface area (Å²) in [5, 5.41) is 2.61. The molecule has 1 amide bonds. The summed E-state index contributed by atoms with van der Waals surface area (Å²) in [5.41, 5.74) is 0.328. The summed E-state index contributed by atoms with van der Waals surface area (Å²) in [6, 6.07) is 6.39. The van der Waals surface area contributed by atoms with Crippen LogP contribution < -0.4 is 5.32 Å². The number of nitrogens with one attached hydrogen (secondary N) is 1. The molecule has 0 bridgehead atoms. The van der Waals surface area contributed by atoms with Gasteiger partial charge in [0.25, 0.3) is 0 Å². The summed E-state index contributed by atoms with van der Waals surface area (Å²) in [4.78, 5) is 23.9. The number of halogens is 1. The summed E-state index contributed by atoms with van der Waals surface area (Å²) in [6.07, 6.45) is 12.6. The molecule has 0 saturated carbocycles. The van der Waals surface area contributed by atoms with Crippen LogP contribution in [0.15, 0.2) is 24.3 Å². The van der Waals surface area contributed by atoms with Crippen molar-refractivity contribution in [2.24, 2.45) is 0 Å². The van der Waals surface area contributed by atoms with Crippen molar-refractivity contribution in [2.75, 3.05) is 11.9 Å². The van der Waals surface area contributed by atoms with Gasteiger partial charge in [-0.15, -0.1) is 0 Å². The number of ether oxygens (including phenoxy) is 2. The number of hydrogen-bond donors (Lipinski definition) is 1. The number of carbonyl (C=O) groups excluding carboxylic acids is 2. The number of rotatable bonds is 17. The standard InChI is InChI=1S/C28H46FNO4/c1-5-6-7-8-9-10-11-12-13-14-16-24(29)17-15-22-33-26(31)23-18-20-25(21-19-23)30-27(32)34-28(2,3)4/h18-21,24H,5-17,22H2,1-4H3,(H,30,32)/t24-/m1/s1. The highest BCUT2D eigenvalue weighted by Crippen LogP contribution is 2.16. The molecule has 0 aromatic heterocycles. The minimum atomic E-state index is -0.828. The Bertz CT molecular complexity index is 685. The maximum absolute atomic E-state index is 14.1. The molecule has 1 N–H and O–H groups in total. The molecule has 0 radical (unpaired) electrons. The van der Waals surface area contributed by atoms with Crippen LogP contribution in [-0.4, -0.2) is 30.4 Å².